The van der Waals surface area contributed by atoms with E-state index in [0.717, 1.165) is 103 Å². The minimum absolute atomic E-state index is 0.132. The first-order chi connectivity index (χ1) is 28.4. The van der Waals surface area contributed by atoms with E-state index < -0.39 is 11.7 Å². The molecule has 1 saturated carbocycles. The molecule has 0 bridgehead atoms. The van der Waals surface area contributed by atoms with E-state index in [1.807, 2.05) is 24.3 Å². The summed E-state index contributed by atoms with van der Waals surface area (Å²) in [5, 5.41) is 9.86. The van der Waals surface area contributed by atoms with E-state index >= 15 is 0 Å². The Morgan fingerprint density at radius 1 is 0.517 bits per heavy atom. The van der Waals surface area contributed by atoms with E-state index in [-0.39, 0.29) is 5.92 Å². The summed E-state index contributed by atoms with van der Waals surface area (Å²) in [6, 6.07) is 51.9. The van der Waals surface area contributed by atoms with E-state index in [2.05, 4.69) is 119 Å². The zero-order valence-electron chi connectivity index (χ0n) is 31.3. The number of para-hydroxylation sites is 4. The van der Waals surface area contributed by atoms with Crippen molar-refractivity contribution in [2.75, 3.05) is 9.80 Å². The third kappa shape index (κ3) is 6.34. The molecule has 0 saturated heterocycles. The van der Waals surface area contributed by atoms with Crippen molar-refractivity contribution in [1.82, 2.24) is 0 Å². The summed E-state index contributed by atoms with van der Waals surface area (Å²) < 4.78 is 42.4. The lowest BCUT2D eigenvalue weighted by molar-refractivity contribution is -0.137. The topological polar surface area (TPSA) is 30.3 Å². The highest BCUT2D eigenvalue weighted by atomic mass is 32.2. The third-order valence-electron chi connectivity index (χ3n) is 11.5. The monoisotopic (exact) mass is 799 g/mol. The van der Waals surface area contributed by atoms with Crippen molar-refractivity contribution in [2.45, 2.75) is 63.8 Å². The summed E-state index contributed by atoms with van der Waals surface area (Å²) in [6.45, 7) is 0. The second-order valence-corrected chi connectivity index (χ2v) is 17.1. The summed E-state index contributed by atoms with van der Waals surface area (Å²) in [6.07, 6.45) is 0.780. The van der Waals surface area contributed by atoms with Gasteiger partial charge in [0.05, 0.1) is 51.3 Å². The molecular weight excluding hydrogens is 764 g/mol. The number of rotatable bonds is 5. The number of alkyl halides is 3. The van der Waals surface area contributed by atoms with Crippen molar-refractivity contribution < 1.29 is 13.2 Å². The molecule has 0 atom stereocenters. The van der Waals surface area contributed by atoms with Gasteiger partial charge in [-0.15, -0.1) is 0 Å². The van der Waals surface area contributed by atoms with Gasteiger partial charge >= 0.3 is 6.18 Å². The molecule has 1 aliphatic carbocycles. The standard InChI is InChI=1S/C50H36F3N3S2/c51-50(52,53)36-28-26-34(27-29-36)38-30-37(33-24-22-32(31-54)23-25-33)48(55-39-14-4-8-18-43(39)57-44-19-9-5-15-40(44)55)47(35-12-2-1-3-13-35)49(38)56-41-16-6-10-20-45(41)58-46-21-11-7-17-42(46)56/h4-11,14-30,35H,1-3,12-13H2. The van der Waals surface area contributed by atoms with Crippen molar-refractivity contribution in [3.8, 4) is 28.3 Å². The summed E-state index contributed by atoms with van der Waals surface area (Å²) in [5.41, 5.74) is 10.7. The number of hydrogen-bond donors (Lipinski definition) is 0. The Kier molecular flexibility index (Phi) is 9.31. The second-order valence-electron chi connectivity index (χ2n) is 14.9. The van der Waals surface area contributed by atoms with Gasteiger partial charge in [-0.2, -0.15) is 18.4 Å². The molecule has 2 heterocycles. The smallest absolute Gasteiger partial charge is 0.307 e. The third-order valence-corrected chi connectivity index (χ3v) is 13.7. The van der Waals surface area contributed by atoms with Crippen molar-refractivity contribution >= 4 is 57.6 Å². The summed E-state index contributed by atoms with van der Waals surface area (Å²) in [4.78, 5) is 9.32. The van der Waals surface area contributed by atoms with Gasteiger partial charge in [0.25, 0.3) is 0 Å². The number of fused-ring (bicyclic) bond motifs is 4. The van der Waals surface area contributed by atoms with Crippen LogP contribution >= 0.6 is 23.5 Å². The fourth-order valence-corrected chi connectivity index (χ4v) is 11.0. The molecule has 8 heteroatoms. The number of nitriles is 1. The molecule has 2 aliphatic heterocycles. The SMILES string of the molecule is N#Cc1ccc(-c2cc(-c3ccc(C(F)(F)F)cc3)c(N3c4ccccc4Sc4ccccc43)c(C3CCCCC3)c2N2c3ccccc3Sc3ccccc32)cc1. The van der Waals surface area contributed by atoms with Crippen molar-refractivity contribution in [1.29, 1.82) is 5.26 Å². The Labute approximate surface area is 344 Å². The van der Waals surface area contributed by atoms with E-state index in [0.29, 0.717) is 11.1 Å². The molecule has 7 aromatic carbocycles. The number of nitrogens with zero attached hydrogens (tertiary/aromatic N) is 3. The summed E-state index contributed by atoms with van der Waals surface area (Å²) >= 11 is 3.50. The first-order valence-electron chi connectivity index (χ1n) is 19.6. The zero-order chi connectivity index (χ0) is 39.4. The normalized spacial score (nSPS) is 14.9. The lowest BCUT2D eigenvalue weighted by Crippen LogP contribution is -2.24. The second kappa shape index (κ2) is 14.8. The van der Waals surface area contributed by atoms with Gasteiger partial charge in [-0.05, 0) is 109 Å². The first kappa shape index (κ1) is 36.5. The molecule has 0 radical (unpaired) electrons. The van der Waals surface area contributed by atoms with Gasteiger partial charge in [-0.1, -0.05) is 116 Å². The Hall–Kier alpha value is -5.88. The van der Waals surface area contributed by atoms with Crippen molar-refractivity contribution in [2.24, 2.45) is 0 Å². The van der Waals surface area contributed by atoms with Gasteiger partial charge in [0.2, 0.25) is 0 Å². The van der Waals surface area contributed by atoms with Crippen LogP contribution in [0.2, 0.25) is 0 Å². The molecular formula is C50H36F3N3S2. The Morgan fingerprint density at radius 3 is 1.31 bits per heavy atom. The molecule has 0 unspecified atom stereocenters. The first-order valence-corrected chi connectivity index (χ1v) is 21.2. The molecule has 0 spiro atoms. The molecule has 3 nitrogen and oxygen atoms in total. The average Bonchev–Trinajstić information content (AvgIpc) is 3.27. The van der Waals surface area contributed by atoms with Crippen LogP contribution in [-0.2, 0) is 6.18 Å². The van der Waals surface area contributed by atoms with Crippen LogP contribution in [0.25, 0.3) is 22.3 Å². The van der Waals surface area contributed by atoms with Crippen LogP contribution in [0.5, 0.6) is 0 Å². The molecule has 1 fully saturated rings. The maximum Gasteiger partial charge on any atom is 0.416 e. The van der Waals surface area contributed by atoms with Crippen LogP contribution in [0.1, 0.15) is 54.7 Å². The van der Waals surface area contributed by atoms with Gasteiger partial charge in [0, 0.05) is 36.3 Å². The molecule has 284 valence electrons. The molecule has 58 heavy (non-hydrogen) atoms. The number of hydrogen-bond acceptors (Lipinski definition) is 5. The van der Waals surface area contributed by atoms with Gasteiger partial charge in [0.15, 0.2) is 0 Å². The average molecular weight is 800 g/mol. The molecule has 10 rings (SSSR count). The maximum absolute atomic E-state index is 14.1. The predicted octanol–water partition coefficient (Wildman–Crippen LogP) is 15.8. The van der Waals surface area contributed by atoms with E-state index in [4.69, 9.17) is 0 Å². The van der Waals surface area contributed by atoms with Crippen LogP contribution in [0.3, 0.4) is 0 Å². The molecule has 7 aromatic rings. The lowest BCUT2D eigenvalue weighted by Gasteiger charge is -2.42. The van der Waals surface area contributed by atoms with Gasteiger partial charge in [0.1, 0.15) is 0 Å². The highest BCUT2D eigenvalue weighted by Crippen LogP contribution is 2.62. The summed E-state index contributed by atoms with van der Waals surface area (Å²) in [5.74, 6) is 0.132. The minimum atomic E-state index is -4.47. The van der Waals surface area contributed by atoms with Crippen LogP contribution in [-0.4, -0.2) is 0 Å². The Bertz CT molecular complexity index is 2640. The van der Waals surface area contributed by atoms with Crippen molar-refractivity contribution in [3.63, 3.8) is 0 Å². The predicted molar refractivity (Wildman–Crippen MR) is 230 cm³/mol. The van der Waals surface area contributed by atoms with Crippen LogP contribution < -0.4 is 9.80 Å². The van der Waals surface area contributed by atoms with Crippen LogP contribution in [0.4, 0.5) is 47.3 Å². The van der Waals surface area contributed by atoms with Crippen molar-refractivity contribution in [3.05, 3.63) is 168 Å². The van der Waals surface area contributed by atoms with E-state index in [1.54, 1.807) is 35.7 Å². The zero-order valence-corrected chi connectivity index (χ0v) is 33.0. The van der Waals surface area contributed by atoms with E-state index in [9.17, 15) is 18.4 Å². The molecule has 0 N–H and O–H groups in total. The quantitative estimate of drug-likeness (QED) is 0.173. The Morgan fingerprint density at radius 2 is 0.914 bits per heavy atom. The minimum Gasteiger partial charge on any atom is -0.307 e. The van der Waals surface area contributed by atoms with E-state index in [1.165, 1.54) is 17.7 Å². The maximum atomic E-state index is 14.1. The highest BCUT2D eigenvalue weighted by Gasteiger charge is 2.38. The number of halogens is 3. The molecule has 0 amide bonds. The number of benzene rings is 7. The Balaban J connectivity index is 1.40. The highest BCUT2D eigenvalue weighted by molar-refractivity contribution is 8.00. The van der Waals surface area contributed by atoms with Crippen LogP contribution in [0.15, 0.2) is 171 Å². The number of anilines is 6. The van der Waals surface area contributed by atoms with Gasteiger partial charge < -0.3 is 9.80 Å². The largest absolute Gasteiger partial charge is 0.416 e. The fraction of sp³-hybridized carbons (Fsp3) is 0.140. The lowest BCUT2D eigenvalue weighted by atomic mass is 9.78. The van der Waals surface area contributed by atoms with Gasteiger partial charge in [-0.3, -0.25) is 0 Å². The van der Waals surface area contributed by atoms with Gasteiger partial charge in [-0.25, -0.2) is 0 Å². The molecule has 0 aromatic heterocycles. The fourth-order valence-electron chi connectivity index (χ4n) is 8.84. The summed E-state index contributed by atoms with van der Waals surface area (Å²) in [7, 11) is 0. The molecule has 3 aliphatic rings. The van der Waals surface area contributed by atoms with Crippen LogP contribution in [0, 0.1) is 11.3 Å².